The maximum Gasteiger partial charge on any atom is 0.323 e. The van der Waals surface area contributed by atoms with Gasteiger partial charge in [0.15, 0.2) is 0 Å². The Balaban J connectivity index is 2.51. The molecular formula is C16H22ClN3O4. The number of nitrogens with zero attached hydrogens (tertiary/aromatic N) is 2. The first-order valence-electron chi connectivity index (χ1n) is 7.85. The molecule has 2 rings (SSSR count). The molecular weight excluding hydrogens is 334 g/mol. The molecule has 8 heteroatoms. The molecule has 7 nitrogen and oxygen atoms in total. The zero-order valence-electron chi connectivity index (χ0n) is 14.2. The van der Waals surface area contributed by atoms with Gasteiger partial charge in [0.05, 0.1) is 12.5 Å². The van der Waals surface area contributed by atoms with Gasteiger partial charge in [0.25, 0.3) is 0 Å². The van der Waals surface area contributed by atoms with E-state index in [9.17, 15) is 14.9 Å². The number of aromatic nitrogens is 1. The maximum atomic E-state index is 12.4. The number of rotatable bonds is 4. The quantitative estimate of drug-likeness (QED) is 0.386. The largest absolute Gasteiger partial charge is 0.465 e. The van der Waals surface area contributed by atoms with Crippen LogP contribution in [0.1, 0.15) is 39.3 Å². The smallest absolute Gasteiger partial charge is 0.323 e. The van der Waals surface area contributed by atoms with Gasteiger partial charge >= 0.3 is 5.97 Å². The lowest BCUT2D eigenvalue weighted by molar-refractivity contribution is -0.535. The molecule has 2 heterocycles. The molecule has 1 N–H and O–H groups in total. The molecule has 0 unspecified atom stereocenters. The molecule has 0 amide bonds. The first kappa shape index (κ1) is 18.6. The minimum Gasteiger partial charge on any atom is -0.465 e. The molecule has 0 aromatic carbocycles. The number of esters is 1. The average Bonchev–Trinajstić information content (AvgIpc) is 2.88. The number of hydrogen-bond acceptors (Lipinski definition) is 6. The van der Waals surface area contributed by atoms with Gasteiger partial charge in [-0.15, -0.1) is 0 Å². The van der Waals surface area contributed by atoms with Gasteiger partial charge < -0.3 is 4.74 Å². The van der Waals surface area contributed by atoms with Crippen molar-refractivity contribution in [3.63, 3.8) is 0 Å². The Morgan fingerprint density at radius 2 is 2.17 bits per heavy atom. The Morgan fingerprint density at radius 3 is 2.67 bits per heavy atom. The molecule has 1 saturated heterocycles. The summed E-state index contributed by atoms with van der Waals surface area (Å²) >= 11 is 6.13. The predicted molar refractivity (Wildman–Crippen MR) is 89.3 cm³/mol. The van der Waals surface area contributed by atoms with Gasteiger partial charge in [-0.05, 0) is 18.4 Å². The highest BCUT2D eigenvalue weighted by atomic mass is 35.5. The molecule has 0 bridgehead atoms. The van der Waals surface area contributed by atoms with Crippen LogP contribution in [0.4, 0.5) is 0 Å². The molecule has 1 aliphatic rings. The second kappa shape index (κ2) is 7.03. The zero-order chi connectivity index (χ0) is 18.1. The third-order valence-corrected chi connectivity index (χ3v) is 4.65. The van der Waals surface area contributed by atoms with Crippen molar-refractivity contribution >= 4 is 17.6 Å². The van der Waals surface area contributed by atoms with E-state index in [4.69, 9.17) is 16.3 Å². The molecule has 0 radical (unpaired) electrons. The van der Waals surface area contributed by atoms with E-state index in [0.29, 0.717) is 5.56 Å². The van der Waals surface area contributed by atoms with Crippen LogP contribution in [0.15, 0.2) is 18.3 Å². The fourth-order valence-electron chi connectivity index (χ4n) is 3.42. The van der Waals surface area contributed by atoms with Gasteiger partial charge in [0, 0.05) is 16.7 Å². The first-order valence-corrected chi connectivity index (χ1v) is 8.22. The van der Waals surface area contributed by atoms with E-state index in [1.165, 1.54) is 6.20 Å². The monoisotopic (exact) mass is 355 g/mol. The standard InChI is InChI=1S/C16H22ClN3O4/c1-5-24-15(21)12-10(16(2,3)4)13(20(22)23)11(19-12)9-7-6-8-18-14(9)17/h6-8,10-13,19H,5H2,1-4H3/t10-,11+,12+,13+/m1/s1. The van der Waals surface area contributed by atoms with E-state index in [2.05, 4.69) is 10.3 Å². The molecule has 1 aliphatic heterocycles. The molecule has 24 heavy (non-hydrogen) atoms. The predicted octanol–water partition coefficient (Wildman–Crippen LogP) is 2.62. The van der Waals surface area contributed by atoms with Crippen LogP contribution in [0.5, 0.6) is 0 Å². The van der Waals surface area contributed by atoms with Gasteiger partial charge in [0.1, 0.15) is 17.2 Å². The topological polar surface area (TPSA) is 94.4 Å². The van der Waals surface area contributed by atoms with E-state index < -0.39 is 35.4 Å². The lowest BCUT2D eigenvalue weighted by Gasteiger charge is -2.31. The van der Waals surface area contributed by atoms with Crippen LogP contribution >= 0.6 is 11.6 Å². The van der Waals surface area contributed by atoms with Crippen molar-refractivity contribution in [3.05, 3.63) is 39.2 Å². The van der Waals surface area contributed by atoms with Crippen molar-refractivity contribution < 1.29 is 14.5 Å². The minimum atomic E-state index is -1.01. The lowest BCUT2D eigenvalue weighted by atomic mass is 9.73. The number of carbonyl (C=O) groups excluding carboxylic acids is 1. The van der Waals surface area contributed by atoms with Gasteiger partial charge in [-0.3, -0.25) is 20.2 Å². The van der Waals surface area contributed by atoms with Crippen LogP contribution in [0.3, 0.4) is 0 Å². The van der Waals surface area contributed by atoms with Crippen molar-refractivity contribution in [1.82, 2.24) is 10.3 Å². The summed E-state index contributed by atoms with van der Waals surface area (Å²) in [7, 11) is 0. The Hall–Kier alpha value is -1.73. The molecule has 0 aliphatic carbocycles. The van der Waals surface area contributed by atoms with Gasteiger partial charge in [-0.1, -0.05) is 38.4 Å². The summed E-state index contributed by atoms with van der Waals surface area (Å²) < 4.78 is 5.12. The normalized spacial score (nSPS) is 27.0. The molecule has 4 atom stereocenters. The van der Waals surface area contributed by atoms with Crippen LogP contribution in [0.2, 0.25) is 5.15 Å². The van der Waals surface area contributed by atoms with Crippen LogP contribution in [-0.4, -0.2) is 34.6 Å². The SMILES string of the molecule is CCOC(=O)[C@H]1N[C@@H](c2cccnc2Cl)[C@@H]([N+](=O)[O-])[C@@H]1C(C)(C)C. The van der Waals surface area contributed by atoms with E-state index in [-0.39, 0.29) is 16.7 Å². The molecule has 1 aromatic rings. The summed E-state index contributed by atoms with van der Waals surface area (Å²) in [5.74, 6) is -1.03. The fourth-order valence-corrected chi connectivity index (χ4v) is 3.65. The number of hydrogen-bond donors (Lipinski definition) is 1. The number of nitrogens with one attached hydrogen (secondary N) is 1. The Kier molecular flexibility index (Phi) is 5.45. The third-order valence-electron chi connectivity index (χ3n) is 4.33. The van der Waals surface area contributed by atoms with E-state index in [1.54, 1.807) is 19.1 Å². The second-order valence-electron chi connectivity index (χ2n) is 6.93. The molecule has 132 valence electrons. The Labute approximate surface area is 145 Å². The maximum absolute atomic E-state index is 12.4. The first-order chi connectivity index (χ1) is 11.2. The van der Waals surface area contributed by atoms with Crippen molar-refractivity contribution in [1.29, 1.82) is 0 Å². The average molecular weight is 356 g/mol. The van der Waals surface area contributed by atoms with Crippen LogP contribution in [0.25, 0.3) is 0 Å². The van der Waals surface area contributed by atoms with Gasteiger partial charge in [0.2, 0.25) is 6.04 Å². The summed E-state index contributed by atoms with van der Waals surface area (Å²) in [5.41, 5.74) is 0.0351. The van der Waals surface area contributed by atoms with Crippen LogP contribution in [-0.2, 0) is 9.53 Å². The summed E-state index contributed by atoms with van der Waals surface area (Å²) in [6.07, 6.45) is 1.52. The molecule has 1 aromatic heterocycles. The number of ether oxygens (including phenoxy) is 1. The highest BCUT2D eigenvalue weighted by Crippen LogP contribution is 2.44. The van der Waals surface area contributed by atoms with Crippen molar-refractivity contribution in [2.75, 3.05) is 6.61 Å². The van der Waals surface area contributed by atoms with Crippen molar-refractivity contribution in [2.24, 2.45) is 11.3 Å². The van der Waals surface area contributed by atoms with E-state index in [0.717, 1.165) is 0 Å². The Morgan fingerprint density at radius 1 is 1.50 bits per heavy atom. The zero-order valence-corrected chi connectivity index (χ0v) is 14.9. The summed E-state index contributed by atoms with van der Waals surface area (Å²) in [5, 5.41) is 15.1. The van der Waals surface area contributed by atoms with Crippen LogP contribution in [0, 0.1) is 21.4 Å². The van der Waals surface area contributed by atoms with E-state index in [1.807, 2.05) is 20.8 Å². The van der Waals surface area contributed by atoms with Gasteiger partial charge in [-0.2, -0.15) is 0 Å². The fraction of sp³-hybridized carbons (Fsp3) is 0.625. The number of carbonyl (C=O) groups is 1. The number of pyridine rings is 1. The minimum absolute atomic E-state index is 0.194. The summed E-state index contributed by atoms with van der Waals surface area (Å²) in [6.45, 7) is 7.58. The highest BCUT2D eigenvalue weighted by molar-refractivity contribution is 6.30. The van der Waals surface area contributed by atoms with Gasteiger partial charge in [-0.25, -0.2) is 4.98 Å². The third kappa shape index (κ3) is 3.52. The highest BCUT2D eigenvalue weighted by Gasteiger charge is 2.58. The summed E-state index contributed by atoms with van der Waals surface area (Å²) in [6, 6.07) is 0.864. The Bertz CT molecular complexity index is 632. The van der Waals surface area contributed by atoms with Crippen molar-refractivity contribution in [2.45, 2.75) is 45.8 Å². The van der Waals surface area contributed by atoms with Crippen LogP contribution < -0.4 is 5.32 Å². The molecule has 1 fully saturated rings. The lowest BCUT2D eigenvalue weighted by Crippen LogP contribution is -2.45. The van der Waals surface area contributed by atoms with E-state index >= 15 is 0 Å². The molecule has 0 saturated carbocycles. The summed E-state index contributed by atoms with van der Waals surface area (Å²) in [4.78, 5) is 27.9. The number of nitro groups is 1. The van der Waals surface area contributed by atoms with Crippen molar-refractivity contribution in [3.8, 4) is 0 Å². The second-order valence-corrected chi connectivity index (χ2v) is 7.28. The number of halogens is 1. The molecule has 0 spiro atoms.